The van der Waals surface area contributed by atoms with Crippen LogP contribution >= 0.6 is 11.8 Å². The van der Waals surface area contributed by atoms with Crippen LogP contribution in [0.4, 0.5) is 4.39 Å². The summed E-state index contributed by atoms with van der Waals surface area (Å²) in [5, 5.41) is 0. The molecule has 2 rings (SSSR count). The second kappa shape index (κ2) is 6.60. The van der Waals surface area contributed by atoms with Gasteiger partial charge in [0.05, 0.1) is 4.90 Å². The fraction of sp³-hybridized carbons (Fsp3) is 0.200. The molecule has 0 unspecified atom stereocenters. The summed E-state index contributed by atoms with van der Waals surface area (Å²) < 4.78 is 36.1. The van der Waals surface area contributed by atoms with E-state index < -0.39 is 9.84 Å². The summed E-state index contributed by atoms with van der Waals surface area (Å²) in [6, 6.07) is 11.4. The maximum absolute atomic E-state index is 13.4. The number of thioether (sulfide) groups is 1. The molecule has 0 aliphatic rings. The molecule has 0 radical (unpaired) electrons. The van der Waals surface area contributed by atoms with E-state index in [1.807, 2.05) is 6.07 Å². The zero-order chi connectivity index (χ0) is 15.5. The van der Waals surface area contributed by atoms with Gasteiger partial charge in [-0.05, 0) is 47.5 Å². The quantitative estimate of drug-likeness (QED) is 0.859. The summed E-state index contributed by atoms with van der Waals surface area (Å²) in [5.74, 6) is 0.309. The van der Waals surface area contributed by atoms with Crippen LogP contribution in [0.1, 0.15) is 11.1 Å². The third kappa shape index (κ3) is 4.56. The Balaban J connectivity index is 2.08. The highest BCUT2D eigenvalue weighted by atomic mass is 32.2. The van der Waals surface area contributed by atoms with E-state index in [9.17, 15) is 12.8 Å². The molecule has 21 heavy (non-hydrogen) atoms. The number of halogens is 1. The van der Waals surface area contributed by atoms with Gasteiger partial charge in [0.1, 0.15) is 5.82 Å². The molecule has 0 spiro atoms. The van der Waals surface area contributed by atoms with Gasteiger partial charge in [0.25, 0.3) is 0 Å². The summed E-state index contributed by atoms with van der Waals surface area (Å²) in [6.45, 7) is 0.304. The third-order valence-electron chi connectivity index (χ3n) is 2.91. The summed E-state index contributed by atoms with van der Waals surface area (Å²) in [4.78, 5) is 1.23. The molecule has 6 heteroatoms. The van der Waals surface area contributed by atoms with Crippen molar-refractivity contribution in [1.82, 2.24) is 0 Å². The van der Waals surface area contributed by atoms with Gasteiger partial charge in [0.2, 0.25) is 0 Å². The Morgan fingerprint density at radius 3 is 2.29 bits per heavy atom. The largest absolute Gasteiger partial charge is 0.326 e. The van der Waals surface area contributed by atoms with E-state index >= 15 is 0 Å². The topological polar surface area (TPSA) is 60.2 Å². The first-order chi connectivity index (χ1) is 9.88. The van der Waals surface area contributed by atoms with Crippen LogP contribution < -0.4 is 5.73 Å². The average Bonchev–Trinajstić information content (AvgIpc) is 2.44. The van der Waals surface area contributed by atoms with Crippen LogP contribution in [-0.2, 0) is 22.1 Å². The van der Waals surface area contributed by atoms with E-state index in [0.717, 1.165) is 16.0 Å². The molecule has 0 aromatic heterocycles. The standard InChI is InChI=1S/C15H16FNO2S2/c1-21(18,19)15-4-2-14(3-5-15)20-10-12-6-11(9-17)7-13(16)8-12/h2-8H,9-10,17H2,1H3. The summed E-state index contributed by atoms with van der Waals surface area (Å²) in [5.41, 5.74) is 7.14. The van der Waals surface area contributed by atoms with Crippen molar-refractivity contribution in [3.8, 4) is 0 Å². The summed E-state index contributed by atoms with van der Waals surface area (Å²) in [7, 11) is -3.17. The van der Waals surface area contributed by atoms with Crippen LogP contribution in [0.2, 0.25) is 0 Å². The van der Waals surface area contributed by atoms with Crippen LogP contribution in [0.3, 0.4) is 0 Å². The highest BCUT2D eigenvalue weighted by Gasteiger charge is 2.07. The average molecular weight is 325 g/mol. The molecule has 2 N–H and O–H groups in total. The van der Waals surface area contributed by atoms with E-state index in [1.165, 1.54) is 30.2 Å². The first-order valence-electron chi connectivity index (χ1n) is 6.30. The maximum atomic E-state index is 13.4. The summed E-state index contributed by atoms with van der Waals surface area (Å²) >= 11 is 1.52. The highest BCUT2D eigenvalue weighted by Crippen LogP contribution is 2.25. The van der Waals surface area contributed by atoms with Gasteiger partial charge in [-0.3, -0.25) is 0 Å². The minimum absolute atomic E-state index is 0.291. The van der Waals surface area contributed by atoms with Crippen LogP contribution in [0.5, 0.6) is 0 Å². The molecule has 2 aromatic carbocycles. The van der Waals surface area contributed by atoms with Crippen molar-refractivity contribution in [3.05, 3.63) is 59.4 Å². The van der Waals surface area contributed by atoms with Crippen LogP contribution in [0, 0.1) is 5.82 Å². The minimum Gasteiger partial charge on any atom is -0.326 e. The Hall–Kier alpha value is -1.37. The van der Waals surface area contributed by atoms with Crippen molar-refractivity contribution < 1.29 is 12.8 Å². The van der Waals surface area contributed by atoms with Crippen molar-refractivity contribution in [2.24, 2.45) is 5.73 Å². The molecular weight excluding hydrogens is 309 g/mol. The third-order valence-corrected chi connectivity index (χ3v) is 5.12. The Bertz CT molecular complexity index is 728. The number of rotatable bonds is 5. The van der Waals surface area contributed by atoms with E-state index in [0.29, 0.717) is 17.2 Å². The minimum atomic E-state index is -3.17. The molecule has 2 aromatic rings. The van der Waals surface area contributed by atoms with Crippen LogP contribution in [-0.4, -0.2) is 14.7 Å². The number of sulfone groups is 1. The van der Waals surface area contributed by atoms with Gasteiger partial charge in [-0.1, -0.05) is 6.07 Å². The maximum Gasteiger partial charge on any atom is 0.175 e. The van der Waals surface area contributed by atoms with Gasteiger partial charge < -0.3 is 5.73 Å². The molecule has 0 saturated carbocycles. The first kappa shape index (κ1) is 16.0. The SMILES string of the molecule is CS(=O)(=O)c1ccc(SCc2cc(F)cc(CN)c2)cc1. The molecule has 0 amide bonds. The van der Waals surface area contributed by atoms with E-state index in [4.69, 9.17) is 5.73 Å². The molecule has 0 atom stereocenters. The van der Waals surface area contributed by atoms with E-state index in [2.05, 4.69) is 0 Å². The van der Waals surface area contributed by atoms with Crippen molar-refractivity contribution >= 4 is 21.6 Å². The molecule has 3 nitrogen and oxygen atoms in total. The van der Waals surface area contributed by atoms with Gasteiger partial charge in [-0.2, -0.15) is 0 Å². The lowest BCUT2D eigenvalue weighted by Gasteiger charge is -2.06. The van der Waals surface area contributed by atoms with Gasteiger partial charge in [0, 0.05) is 23.4 Å². The lowest BCUT2D eigenvalue weighted by Crippen LogP contribution is -1.98. The molecule has 0 bridgehead atoms. The lowest BCUT2D eigenvalue weighted by molar-refractivity contribution is 0.602. The fourth-order valence-electron chi connectivity index (χ4n) is 1.87. The van der Waals surface area contributed by atoms with Gasteiger partial charge >= 0.3 is 0 Å². The second-order valence-electron chi connectivity index (χ2n) is 4.70. The fourth-order valence-corrected chi connectivity index (χ4v) is 3.33. The Labute approximate surface area is 128 Å². The Morgan fingerprint density at radius 2 is 1.71 bits per heavy atom. The molecule has 0 heterocycles. The molecule has 112 valence electrons. The zero-order valence-corrected chi connectivity index (χ0v) is 13.2. The van der Waals surface area contributed by atoms with E-state index in [-0.39, 0.29) is 5.82 Å². The normalized spacial score (nSPS) is 11.6. The van der Waals surface area contributed by atoms with E-state index in [1.54, 1.807) is 24.3 Å². The van der Waals surface area contributed by atoms with Crippen molar-refractivity contribution in [3.63, 3.8) is 0 Å². The Morgan fingerprint density at radius 1 is 1.10 bits per heavy atom. The van der Waals surface area contributed by atoms with Crippen molar-refractivity contribution in [1.29, 1.82) is 0 Å². The second-order valence-corrected chi connectivity index (χ2v) is 7.77. The monoisotopic (exact) mass is 325 g/mol. The van der Waals surface area contributed by atoms with Gasteiger partial charge in [-0.15, -0.1) is 11.8 Å². The predicted molar refractivity (Wildman–Crippen MR) is 83.4 cm³/mol. The summed E-state index contributed by atoms with van der Waals surface area (Å²) in [6.07, 6.45) is 1.18. The van der Waals surface area contributed by atoms with Crippen molar-refractivity contribution in [2.45, 2.75) is 22.1 Å². The Kier molecular flexibility index (Phi) is 5.03. The number of benzene rings is 2. The molecule has 0 aliphatic carbocycles. The molecule has 0 fully saturated rings. The van der Waals surface area contributed by atoms with Gasteiger partial charge in [-0.25, -0.2) is 12.8 Å². The number of hydrogen-bond acceptors (Lipinski definition) is 4. The zero-order valence-electron chi connectivity index (χ0n) is 11.5. The number of nitrogens with two attached hydrogens (primary N) is 1. The molecular formula is C15H16FNO2S2. The number of hydrogen-bond donors (Lipinski definition) is 1. The van der Waals surface area contributed by atoms with Crippen LogP contribution in [0.15, 0.2) is 52.3 Å². The highest BCUT2D eigenvalue weighted by molar-refractivity contribution is 7.98. The molecule has 0 saturated heterocycles. The van der Waals surface area contributed by atoms with Crippen molar-refractivity contribution in [2.75, 3.05) is 6.26 Å². The van der Waals surface area contributed by atoms with Crippen LogP contribution in [0.25, 0.3) is 0 Å². The first-order valence-corrected chi connectivity index (χ1v) is 9.17. The predicted octanol–water partition coefficient (Wildman–Crippen LogP) is 2.98. The lowest BCUT2D eigenvalue weighted by atomic mass is 10.1. The smallest absolute Gasteiger partial charge is 0.175 e. The molecule has 0 aliphatic heterocycles. The van der Waals surface area contributed by atoms with Gasteiger partial charge in [0.15, 0.2) is 9.84 Å².